The number of carboxylic acid groups (broad SMARTS) is 1. The van der Waals surface area contributed by atoms with E-state index in [0.29, 0.717) is 25.1 Å². The Kier molecular flexibility index (Phi) is 14.1. The largest absolute Gasteiger partial charge is 0.480 e. The lowest BCUT2D eigenvalue weighted by Crippen LogP contribution is -2.57. The van der Waals surface area contributed by atoms with Gasteiger partial charge in [-0.15, -0.1) is 0 Å². The first-order chi connectivity index (χ1) is 19.6. The summed E-state index contributed by atoms with van der Waals surface area (Å²) in [6.45, 7) is 0.484. The molecule has 1 aromatic heterocycles. The second kappa shape index (κ2) is 17.3. The molecule has 4 atom stereocenters. The summed E-state index contributed by atoms with van der Waals surface area (Å²) in [5.41, 5.74) is 18.2. The molecule has 0 fully saturated rings. The Morgan fingerprint density at radius 1 is 0.927 bits per heavy atom. The number of carboxylic acids is 1. The van der Waals surface area contributed by atoms with E-state index >= 15 is 0 Å². The fourth-order valence-electron chi connectivity index (χ4n) is 4.24. The van der Waals surface area contributed by atoms with Gasteiger partial charge in [-0.25, -0.2) is 4.79 Å². The smallest absolute Gasteiger partial charge is 0.326 e. The van der Waals surface area contributed by atoms with Gasteiger partial charge in [0, 0.05) is 29.9 Å². The number of fused-ring (bicyclic) bond motifs is 1. The number of rotatable bonds is 19. The standard InChI is InChI=1S/C27H41N7O6S/c1-41-13-11-20(32-24(36)18(29)7-4-5-12-28)25(37)34-22(14-16-15-31-19-8-3-2-6-17(16)19)26(38)33-21(27(39)40)9-10-23(30)35/h2-3,6,8,15,18,20-22,31H,4-5,7,9-14,28-29H2,1H3,(H2,30,35)(H,32,36)(H,33,38)(H,34,37)(H,39,40). The zero-order valence-electron chi connectivity index (χ0n) is 23.2. The van der Waals surface area contributed by atoms with Gasteiger partial charge in [-0.05, 0) is 55.9 Å². The topological polar surface area (TPSA) is 236 Å². The second-order valence-corrected chi connectivity index (χ2v) is 10.7. The molecule has 14 heteroatoms. The van der Waals surface area contributed by atoms with Gasteiger partial charge in [-0.3, -0.25) is 19.2 Å². The fraction of sp³-hybridized carbons (Fsp3) is 0.519. The fourth-order valence-corrected chi connectivity index (χ4v) is 4.71. The predicted molar refractivity (Wildman–Crippen MR) is 158 cm³/mol. The first-order valence-electron chi connectivity index (χ1n) is 13.5. The number of amides is 4. The summed E-state index contributed by atoms with van der Waals surface area (Å²) in [5.74, 6) is -3.35. The number of hydrogen-bond acceptors (Lipinski definition) is 8. The number of carbonyl (C=O) groups is 5. The number of H-pyrrole nitrogens is 1. The number of nitrogens with one attached hydrogen (secondary N) is 4. The third kappa shape index (κ3) is 11.1. The van der Waals surface area contributed by atoms with Crippen LogP contribution in [-0.4, -0.2) is 82.4 Å². The molecule has 0 saturated heterocycles. The van der Waals surface area contributed by atoms with Gasteiger partial charge in [0.05, 0.1) is 6.04 Å². The number of nitrogens with two attached hydrogens (primary N) is 3. The van der Waals surface area contributed by atoms with Crippen molar-refractivity contribution >= 4 is 52.3 Å². The van der Waals surface area contributed by atoms with E-state index < -0.39 is 53.8 Å². The van der Waals surface area contributed by atoms with Crippen molar-refractivity contribution in [1.29, 1.82) is 0 Å². The maximum absolute atomic E-state index is 13.5. The molecule has 2 aromatic rings. The Labute approximate surface area is 243 Å². The summed E-state index contributed by atoms with van der Waals surface area (Å²) < 4.78 is 0. The van der Waals surface area contributed by atoms with Gasteiger partial charge < -0.3 is 43.2 Å². The quantitative estimate of drug-likeness (QED) is 0.100. The van der Waals surface area contributed by atoms with Crippen LogP contribution in [0, 0.1) is 0 Å². The number of para-hydroxylation sites is 1. The van der Waals surface area contributed by atoms with Crippen LogP contribution < -0.4 is 33.2 Å². The van der Waals surface area contributed by atoms with Crippen LogP contribution in [0.2, 0.25) is 0 Å². The first kappa shape index (κ1) is 33.6. The maximum Gasteiger partial charge on any atom is 0.326 e. The highest BCUT2D eigenvalue weighted by Crippen LogP contribution is 2.19. The van der Waals surface area contributed by atoms with Gasteiger partial charge in [0.1, 0.15) is 18.1 Å². The SMILES string of the molecule is CSCCC(NC(=O)C(N)CCCCN)C(=O)NC(Cc1c[nH]c2ccccc12)C(=O)NC(CCC(N)=O)C(=O)O. The number of benzene rings is 1. The molecule has 0 radical (unpaired) electrons. The zero-order chi connectivity index (χ0) is 30.4. The Morgan fingerprint density at radius 2 is 1.59 bits per heavy atom. The molecule has 0 spiro atoms. The molecule has 13 nitrogen and oxygen atoms in total. The van der Waals surface area contributed by atoms with Crippen LogP contribution in [-0.2, 0) is 30.4 Å². The van der Waals surface area contributed by atoms with E-state index in [1.54, 1.807) is 6.20 Å². The number of primary amides is 1. The highest BCUT2D eigenvalue weighted by atomic mass is 32.2. The number of unbranched alkanes of at least 4 members (excludes halogenated alkanes) is 1. The molecule has 2 rings (SSSR count). The zero-order valence-corrected chi connectivity index (χ0v) is 24.0. The van der Waals surface area contributed by atoms with Crippen molar-refractivity contribution in [2.45, 2.75) is 69.1 Å². The molecule has 11 N–H and O–H groups in total. The molecular formula is C27H41N7O6S. The number of aromatic nitrogens is 1. The average molecular weight is 592 g/mol. The van der Waals surface area contributed by atoms with Gasteiger partial charge >= 0.3 is 5.97 Å². The minimum absolute atomic E-state index is 0.0333. The van der Waals surface area contributed by atoms with Crippen molar-refractivity contribution in [1.82, 2.24) is 20.9 Å². The van der Waals surface area contributed by atoms with Crippen molar-refractivity contribution in [3.05, 3.63) is 36.0 Å². The van der Waals surface area contributed by atoms with E-state index in [1.165, 1.54) is 11.8 Å². The van der Waals surface area contributed by atoms with E-state index in [4.69, 9.17) is 17.2 Å². The van der Waals surface area contributed by atoms with E-state index in [0.717, 1.165) is 22.9 Å². The van der Waals surface area contributed by atoms with Crippen molar-refractivity contribution in [2.24, 2.45) is 17.2 Å². The molecule has 226 valence electrons. The van der Waals surface area contributed by atoms with Crippen molar-refractivity contribution in [2.75, 3.05) is 18.6 Å². The lowest BCUT2D eigenvalue weighted by molar-refractivity contribution is -0.142. The van der Waals surface area contributed by atoms with Crippen LogP contribution in [0.5, 0.6) is 0 Å². The summed E-state index contributed by atoms with van der Waals surface area (Å²) >= 11 is 1.49. The molecule has 0 bridgehead atoms. The lowest BCUT2D eigenvalue weighted by Gasteiger charge is -2.25. The van der Waals surface area contributed by atoms with Gasteiger partial charge in [0.15, 0.2) is 0 Å². The van der Waals surface area contributed by atoms with E-state index in [1.807, 2.05) is 30.5 Å². The van der Waals surface area contributed by atoms with Crippen LogP contribution in [0.15, 0.2) is 30.5 Å². The van der Waals surface area contributed by atoms with E-state index in [9.17, 15) is 29.1 Å². The Balaban J connectivity index is 2.27. The molecule has 0 aliphatic carbocycles. The summed E-state index contributed by atoms with van der Waals surface area (Å²) in [5, 5.41) is 18.2. The molecule has 41 heavy (non-hydrogen) atoms. The van der Waals surface area contributed by atoms with Gasteiger partial charge in [0.25, 0.3) is 0 Å². The molecular weight excluding hydrogens is 550 g/mol. The van der Waals surface area contributed by atoms with Crippen molar-refractivity contribution < 1.29 is 29.1 Å². The van der Waals surface area contributed by atoms with Crippen LogP contribution in [0.25, 0.3) is 10.9 Å². The van der Waals surface area contributed by atoms with Crippen LogP contribution in [0.3, 0.4) is 0 Å². The normalized spacial score (nSPS) is 14.0. The molecule has 0 aliphatic rings. The highest BCUT2D eigenvalue weighted by Gasteiger charge is 2.31. The van der Waals surface area contributed by atoms with Crippen LogP contribution in [0.4, 0.5) is 0 Å². The summed E-state index contributed by atoms with van der Waals surface area (Å²) in [6.07, 6.45) is 5.24. The Bertz CT molecular complexity index is 1190. The molecule has 4 unspecified atom stereocenters. The van der Waals surface area contributed by atoms with Crippen molar-refractivity contribution in [3.63, 3.8) is 0 Å². The second-order valence-electron chi connectivity index (χ2n) is 9.76. The average Bonchev–Trinajstić information content (AvgIpc) is 3.35. The number of aromatic amines is 1. The maximum atomic E-state index is 13.5. The summed E-state index contributed by atoms with van der Waals surface area (Å²) in [4.78, 5) is 65.7. The first-order valence-corrected chi connectivity index (χ1v) is 14.9. The van der Waals surface area contributed by atoms with E-state index in [-0.39, 0.29) is 25.7 Å². The van der Waals surface area contributed by atoms with Crippen LogP contribution >= 0.6 is 11.8 Å². The van der Waals surface area contributed by atoms with Gasteiger partial charge in [-0.1, -0.05) is 24.6 Å². The Morgan fingerprint density at radius 3 is 2.24 bits per heavy atom. The summed E-state index contributed by atoms with van der Waals surface area (Å²) in [7, 11) is 0. The predicted octanol–water partition coefficient (Wildman–Crippen LogP) is -0.276. The van der Waals surface area contributed by atoms with Crippen molar-refractivity contribution in [3.8, 4) is 0 Å². The molecule has 0 aliphatic heterocycles. The third-order valence-electron chi connectivity index (χ3n) is 6.58. The van der Waals surface area contributed by atoms with Crippen LogP contribution in [0.1, 0.15) is 44.1 Å². The number of hydrogen-bond donors (Lipinski definition) is 8. The number of thioether (sulfide) groups is 1. The minimum atomic E-state index is -1.39. The number of aliphatic carboxylic acids is 1. The van der Waals surface area contributed by atoms with Gasteiger partial charge in [0.2, 0.25) is 23.6 Å². The molecule has 0 saturated carbocycles. The molecule has 4 amide bonds. The Hall–Kier alpha value is -3.62. The molecule has 1 heterocycles. The minimum Gasteiger partial charge on any atom is -0.480 e. The summed E-state index contributed by atoms with van der Waals surface area (Å²) in [6, 6.07) is 3.03. The van der Waals surface area contributed by atoms with Gasteiger partial charge in [-0.2, -0.15) is 11.8 Å². The lowest BCUT2D eigenvalue weighted by atomic mass is 10.0. The number of carbonyl (C=O) groups excluding carboxylic acids is 4. The highest BCUT2D eigenvalue weighted by molar-refractivity contribution is 7.98. The van der Waals surface area contributed by atoms with E-state index in [2.05, 4.69) is 20.9 Å². The molecule has 1 aromatic carbocycles. The third-order valence-corrected chi connectivity index (χ3v) is 7.22. The monoisotopic (exact) mass is 591 g/mol.